The minimum absolute atomic E-state index is 0.208. The van der Waals surface area contributed by atoms with E-state index in [1.165, 1.54) is 16.2 Å². The zero-order valence-corrected chi connectivity index (χ0v) is 18.0. The summed E-state index contributed by atoms with van der Waals surface area (Å²) >= 11 is 6.41. The molecule has 2 aromatic carbocycles. The number of fused-ring (bicyclic) bond motifs is 1. The second-order valence-electron chi connectivity index (χ2n) is 7.17. The summed E-state index contributed by atoms with van der Waals surface area (Å²) in [5, 5.41) is 0.415. The molecule has 1 aliphatic heterocycles. The van der Waals surface area contributed by atoms with Crippen LogP contribution in [0.5, 0.6) is 0 Å². The Morgan fingerprint density at radius 2 is 1.83 bits per heavy atom. The normalized spacial score (nSPS) is 14.9. The summed E-state index contributed by atoms with van der Waals surface area (Å²) in [5.41, 5.74) is 3.16. The maximum atomic E-state index is 13.5. The predicted octanol–water partition coefficient (Wildman–Crippen LogP) is 4.37. The van der Waals surface area contributed by atoms with E-state index < -0.39 is 11.0 Å². The quantitative estimate of drug-likeness (QED) is 0.623. The summed E-state index contributed by atoms with van der Waals surface area (Å²) in [6.45, 7) is 4.26. The summed E-state index contributed by atoms with van der Waals surface area (Å²) in [5.74, 6) is 0.542. The van der Waals surface area contributed by atoms with Crippen LogP contribution in [0.4, 0.5) is 5.69 Å². The van der Waals surface area contributed by atoms with Gasteiger partial charge in [0, 0.05) is 18.3 Å². The summed E-state index contributed by atoms with van der Waals surface area (Å²) in [4.78, 5) is 17.6. The van der Waals surface area contributed by atoms with Crippen LogP contribution in [0.15, 0.2) is 58.2 Å². The maximum Gasteiger partial charge on any atom is 0.258 e. The molecule has 0 aliphatic carbocycles. The van der Waals surface area contributed by atoms with Gasteiger partial charge in [0.25, 0.3) is 5.56 Å². The standard InChI is InChI=1S/C22H22ClN3O2S/c1-15-13-22(27)26(16(2)24-15)21-14-18(10-11-19(21)23)29(28)25-12-6-5-8-17-7-3-4-9-20(17)25/h3-4,7,9-11,13-14H,5-6,8,12H2,1-2H3. The summed E-state index contributed by atoms with van der Waals surface area (Å²) in [6, 6.07) is 14.8. The number of nitrogens with zero attached hydrogens (tertiary/aromatic N) is 3. The van der Waals surface area contributed by atoms with Crippen molar-refractivity contribution in [1.29, 1.82) is 0 Å². The Morgan fingerprint density at radius 1 is 1.03 bits per heavy atom. The SMILES string of the molecule is Cc1cc(=O)n(-c2cc(S(=O)N3CCCCc4ccccc43)ccc2Cl)c(C)n1. The van der Waals surface area contributed by atoms with Gasteiger partial charge in [-0.3, -0.25) is 13.7 Å². The lowest BCUT2D eigenvalue weighted by molar-refractivity contribution is 0.676. The van der Waals surface area contributed by atoms with Crippen molar-refractivity contribution in [2.75, 3.05) is 10.8 Å². The van der Waals surface area contributed by atoms with Crippen molar-refractivity contribution in [3.8, 4) is 5.69 Å². The molecule has 0 bridgehead atoms. The van der Waals surface area contributed by atoms with Gasteiger partial charge in [0.1, 0.15) is 5.82 Å². The van der Waals surface area contributed by atoms with E-state index >= 15 is 0 Å². The Balaban J connectivity index is 1.79. The van der Waals surface area contributed by atoms with Gasteiger partial charge in [0.2, 0.25) is 0 Å². The highest BCUT2D eigenvalue weighted by Gasteiger charge is 2.22. The number of hydrogen-bond donors (Lipinski definition) is 0. The highest BCUT2D eigenvalue weighted by Crippen LogP contribution is 2.31. The molecule has 1 unspecified atom stereocenters. The molecule has 0 fully saturated rings. The number of benzene rings is 2. The number of hydrogen-bond acceptors (Lipinski definition) is 3. The molecule has 3 aromatic rings. The van der Waals surface area contributed by atoms with E-state index in [9.17, 15) is 9.00 Å². The molecule has 5 nitrogen and oxygen atoms in total. The Hall–Kier alpha value is -2.44. The van der Waals surface area contributed by atoms with Crippen LogP contribution in [0.3, 0.4) is 0 Å². The van der Waals surface area contributed by atoms with Gasteiger partial charge in [0.05, 0.1) is 21.3 Å². The van der Waals surface area contributed by atoms with Crippen molar-refractivity contribution < 1.29 is 4.21 Å². The maximum absolute atomic E-state index is 13.5. The van der Waals surface area contributed by atoms with Gasteiger partial charge in [-0.2, -0.15) is 0 Å². The minimum Gasteiger partial charge on any atom is -0.287 e. The minimum atomic E-state index is -1.41. The second kappa shape index (κ2) is 8.13. The molecule has 0 radical (unpaired) electrons. The third kappa shape index (κ3) is 3.87. The molecule has 150 valence electrons. The first-order chi connectivity index (χ1) is 14.0. The fourth-order valence-corrected chi connectivity index (χ4v) is 5.27. The number of halogens is 1. The van der Waals surface area contributed by atoms with E-state index in [2.05, 4.69) is 11.1 Å². The molecule has 0 N–H and O–H groups in total. The summed E-state index contributed by atoms with van der Waals surface area (Å²) in [7, 11) is -1.41. The van der Waals surface area contributed by atoms with Crippen LogP contribution >= 0.6 is 11.6 Å². The molecule has 7 heteroatoms. The van der Waals surface area contributed by atoms with Gasteiger partial charge >= 0.3 is 0 Å². The fourth-order valence-electron chi connectivity index (χ4n) is 3.76. The molecule has 1 aliphatic rings. The van der Waals surface area contributed by atoms with Crippen LogP contribution in [-0.2, 0) is 17.4 Å². The largest absolute Gasteiger partial charge is 0.287 e. The van der Waals surface area contributed by atoms with Crippen LogP contribution in [-0.4, -0.2) is 20.3 Å². The van der Waals surface area contributed by atoms with Crippen molar-refractivity contribution in [1.82, 2.24) is 9.55 Å². The van der Waals surface area contributed by atoms with Gasteiger partial charge in [0.15, 0.2) is 11.0 Å². The number of anilines is 1. The number of aromatic nitrogens is 2. The van der Waals surface area contributed by atoms with E-state index in [1.54, 1.807) is 32.0 Å². The average molecular weight is 428 g/mol. The fraction of sp³-hybridized carbons (Fsp3) is 0.273. The Morgan fingerprint density at radius 3 is 2.62 bits per heavy atom. The summed E-state index contributed by atoms with van der Waals surface area (Å²) in [6.07, 6.45) is 3.03. The molecule has 1 aromatic heterocycles. The first-order valence-corrected chi connectivity index (χ1v) is 11.1. The van der Waals surface area contributed by atoms with Crippen molar-refractivity contribution in [3.05, 3.63) is 81.0 Å². The van der Waals surface area contributed by atoms with Crippen LogP contribution in [0, 0.1) is 13.8 Å². The van der Waals surface area contributed by atoms with Gasteiger partial charge in [-0.05, 0) is 62.9 Å². The lowest BCUT2D eigenvalue weighted by Gasteiger charge is -2.24. The molecule has 0 spiro atoms. The number of rotatable bonds is 3. The lowest BCUT2D eigenvalue weighted by atomic mass is 10.1. The molecule has 0 amide bonds. The second-order valence-corrected chi connectivity index (χ2v) is 8.99. The van der Waals surface area contributed by atoms with Gasteiger partial charge < -0.3 is 0 Å². The van der Waals surface area contributed by atoms with E-state index in [-0.39, 0.29) is 5.56 Å². The van der Waals surface area contributed by atoms with Crippen molar-refractivity contribution in [2.45, 2.75) is 38.0 Å². The molecule has 0 saturated heterocycles. The zero-order valence-electron chi connectivity index (χ0n) is 16.4. The molecule has 1 atom stereocenters. The van der Waals surface area contributed by atoms with Crippen molar-refractivity contribution in [3.63, 3.8) is 0 Å². The number of para-hydroxylation sites is 1. The Bertz CT molecular complexity index is 1160. The Kier molecular flexibility index (Phi) is 5.56. The molecule has 2 heterocycles. The monoisotopic (exact) mass is 427 g/mol. The lowest BCUT2D eigenvalue weighted by Crippen LogP contribution is -2.27. The van der Waals surface area contributed by atoms with Crippen LogP contribution in [0.1, 0.15) is 29.9 Å². The molecule has 4 rings (SSSR count). The highest BCUT2D eigenvalue weighted by molar-refractivity contribution is 7.86. The highest BCUT2D eigenvalue weighted by atomic mass is 35.5. The van der Waals surface area contributed by atoms with Crippen LogP contribution in [0.25, 0.3) is 5.69 Å². The zero-order chi connectivity index (χ0) is 20.5. The van der Waals surface area contributed by atoms with E-state index in [0.717, 1.165) is 24.9 Å². The van der Waals surface area contributed by atoms with Crippen molar-refractivity contribution in [2.24, 2.45) is 0 Å². The van der Waals surface area contributed by atoms with Crippen molar-refractivity contribution >= 4 is 28.3 Å². The van der Waals surface area contributed by atoms with Crippen LogP contribution in [0.2, 0.25) is 5.02 Å². The molecule has 29 heavy (non-hydrogen) atoms. The first kappa shape index (κ1) is 19.9. The molecule has 0 saturated carbocycles. The average Bonchev–Trinajstić information content (AvgIpc) is 2.90. The van der Waals surface area contributed by atoms with Gasteiger partial charge in [-0.1, -0.05) is 29.8 Å². The molecular formula is C22H22ClN3O2S. The first-order valence-electron chi connectivity index (χ1n) is 9.60. The predicted molar refractivity (Wildman–Crippen MR) is 117 cm³/mol. The topological polar surface area (TPSA) is 55.2 Å². The third-order valence-electron chi connectivity index (χ3n) is 5.09. The van der Waals surface area contributed by atoms with E-state index in [1.807, 2.05) is 22.5 Å². The summed E-state index contributed by atoms with van der Waals surface area (Å²) < 4.78 is 16.9. The third-order valence-corrected chi connectivity index (χ3v) is 6.85. The van der Waals surface area contributed by atoms with Gasteiger partial charge in [-0.25, -0.2) is 9.19 Å². The van der Waals surface area contributed by atoms with Gasteiger partial charge in [-0.15, -0.1) is 0 Å². The van der Waals surface area contributed by atoms with E-state index in [0.29, 0.717) is 33.7 Å². The molecular weight excluding hydrogens is 406 g/mol. The van der Waals surface area contributed by atoms with E-state index in [4.69, 9.17) is 11.6 Å². The van der Waals surface area contributed by atoms with Crippen LogP contribution < -0.4 is 9.86 Å². The number of aryl methyl sites for hydroxylation is 3. The Labute approximate surface area is 177 Å². The smallest absolute Gasteiger partial charge is 0.258 e.